The molecule has 1 aromatic rings. The Morgan fingerprint density at radius 3 is 3.05 bits per heavy atom. The van der Waals surface area contributed by atoms with E-state index >= 15 is 0 Å². The minimum absolute atomic E-state index is 0.0302. The first-order valence-corrected chi connectivity index (χ1v) is 6.02. The molecule has 1 atom stereocenters. The molecule has 0 aliphatic rings. The summed E-state index contributed by atoms with van der Waals surface area (Å²) in [6.45, 7) is 1.98. The van der Waals surface area contributed by atoms with Crippen molar-refractivity contribution in [3.8, 4) is 12.3 Å². The molecule has 0 amide bonds. The molecule has 0 aliphatic heterocycles. The molecular formula is C14H16N2O3. The summed E-state index contributed by atoms with van der Waals surface area (Å²) in [4.78, 5) is 14.3. The van der Waals surface area contributed by atoms with Gasteiger partial charge in [-0.1, -0.05) is 25.3 Å². The van der Waals surface area contributed by atoms with Crippen LogP contribution in [-0.4, -0.2) is 21.1 Å². The molecule has 0 aliphatic carbocycles. The van der Waals surface area contributed by atoms with Gasteiger partial charge in [-0.05, 0) is 18.1 Å². The zero-order valence-electron chi connectivity index (χ0n) is 10.7. The van der Waals surface area contributed by atoms with Crippen molar-refractivity contribution in [3.05, 3.63) is 40.2 Å². The quantitative estimate of drug-likeness (QED) is 0.484. The van der Waals surface area contributed by atoms with Crippen molar-refractivity contribution in [2.75, 3.05) is 0 Å². The molecule has 0 aromatic carbocycles. The lowest BCUT2D eigenvalue weighted by atomic mass is 9.99. The molecule has 100 valence electrons. The number of hydrogen-bond donors (Lipinski definition) is 1. The summed E-state index contributed by atoms with van der Waals surface area (Å²) in [6, 6.07) is 1.61. The molecule has 1 N–H and O–H groups in total. The van der Waals surface area contributed by atoms with E-state index in [1.807, 2.05) is 6.92 Å². The number of pyridine rings is 1. The molecule has 1 aromatic heterocycles. The van der Waals surface area contributed by atoms with Crippen LogP contribution in [0.3, 0.4) is 0 Å². The van der Waals surface area contributed by atoms with Crippen molar-refractivity contribution in [1.82, 2.24) is 4.98 Å². The Kier molecular flexibility index (Phi) is 5.71. The zero-order chi connectivity index (χ0) is 14.3. The van der Waals surface area contributed by atoms with Crippen molar-refractivity contribution >= 4 is 11.3 Å². The van der Waals surface area contributed by atoms with Crippen molar-refractivity contribution in [2.24, 2.45) is 0 Å². The van der Waals surface area contributed by atoms with E-state index in [1.54, 1.807) is 12.1 Å². The molecule has 19 heavy (non-hydrogen) atoms. The van der Waals surface area contributed by atoms with Crippen LogP contribution in [0.25, 0.3) is 5.57 Å². The fourth-order valence-corrected chi connectivity index (χ4v) is 1.74. The Bertz CT molecular complexity index is 518. The number of allylic oxidation sites excluding steroid dienone is 1. The Hall–Kier alpha value is -2.19. The molecular weight excluding hydrogens is 244 g/mol. The van der Waals surface area contributed by atoms with Crippen molar-refractivity contribution in [2.45, 2.75) is 32.3 Å². The van der Waals surface area contributed by atoms with Gasteiger partial charge in [-0.3, -0.25) is 15.1 Å². The summed E-state index contributed by atoms with van der Waals surface area (Å²) in [5.74, 6) is 2.22. The van der Waals surface area contributed by atoms with Crippen LogP contribution in [-0.2, 0) is 0 Å². The number of rotatable bonds is 6. The number of hydrogen-bond acceptors (Lipinski definition) is 4. The van der Waals surface area contributed by atoms with Gasteiger partial charge in [-0.2, -0.15) is 0 Å². The molecule has 1 heterocycles. The van der Waals surface area contributed by atoms with Gasteiger partial charge in [0, 0.05) is 12.6 Å². The molecule has 1 rings (SSSR count). The third kappa shape index (κ3) is 4.19. The second-order valence-electron chi connectivity index (χ2n) is 4.05. The van der Waals surface area contributed by atoms with Crippen LogP contribution in [0.15, 0.2) is 24.5 Å². The fourth-order valence-electron chi connectivity index (χ4n) is 1.74. The van der Waals surface area contributed by atoms with Gasteiger partial charge < -0.3 is 5.11 Å². The molecule has 0 spiro atoms. The first-order chi connectivity index (χ1) is 9.10. The molecule has 0 bridgehead atoms. The highest BCUT2D eigenvalue weighted by molar-refractivity contribution is 5.72. The molecule has 0 saturated carbocycles. The van der Waals surface area contributed by atoms with E-state index in [1.165, 1.54) is 12.4 Å². The minimum atomic E-state index is -0.868. The van der Waals surface area contributed by atoms with Crippen molar-refractivity contribution in [3.63, 3.8) is 0 Å². The van der Waals surface area contributed by atoms with E-state index in [0.717, 1.165) is 12.0 Å². The van der Waals surface area contributed by atoms with Crippen LogP contribution in [0.4, 0.5) is 5.69 Å². The Morgan fingerprint density at radius 2 is 2.47 bits per heavy atom. The van der Waals surface area contributed by atoms with Crippen LogP contribution >= 0.6 is 0 Å². The van der Waals surface area contributed by atoms with Gasteiger partial charge in [0.1, 0.15) is 12.3 Å². The van der Waals surface area contributed by atoms with E-state index in [2.05, 4.69) is 10.9 Å². The standard InChI is InChI=1S/C14H16N2O3/c1-3-5-11(6-7-12(17)4-2)13-8-9-15-10-14(13)16(18)19/h2,6,8-10,12,17H,3,5,7H2,1H3. The van der Waals surface area contributed by atoms with Crippen LogP contribution in [0, 0.1) is 22.5 Å². The van der Waals surface area contributed by atoms with Gasteiger partial charge in [-0.15, -0.1) is 6.42 Å². The minimum Gasteiger partial charge on any atom is -0.380 e. The van der Waals surface area contributed by atoms with E-state index in [-0.39, 0.29) is 12.1 Å². The maximum absolute atomic E-state index is 11.0. The van der Waals surface area contributed by atoms with Crippen LogP contribution < -0.4 is 0 Å². The van der Waals surface area contributed by atoms with Gasteiger partial charge in [0.05, 0.1) is 10.5 Å². The lowest BCUT2D eigenvalue weighted by Crippen LogP contribution is -2.01. The van der Waals surface area contributed by atoms with Crippen LogP contribution in [0.5, 0.6) is 0 Å². The number of aliphatic hydroxyl groups excluding tert-OH is 1. The first-order valence-electron chi connectivity index (χ1n) is 6.02. The Balaban J connectivity index is 3.12. The first kappa shape index (κ1) is 14.9. The monoisotopic (exact) mass is 260 g/mol. The molecule has 0 fully saturated rings. The number of terminal acetylenes is 1. The highest BCUT2D eigenvalue weighted by Gasteiger charge is 2.16. The average molecular weight is 260 g/mol. The van der Waals surface area contributed by atoms with E-state index < -0.39 is 11.0 Å². The van der Waals surface area contributed by atoms with E-state index in [9.17, 15) is 15.2 Å². The van der Waals surface area contributed by atoms with Gasteiger partial charge in [0.25, 0.3) is 5.69 Å². The third-order valence-electron chi connectivity index (χ3n) is 2.64. The topological polar surface area (TPSA) is 76.3 Å². The van der Waals surface area contributed by atoms with Crippen molar-refractivity contribution in [1.29, 1.82) is 0 Å². The summed E-state index contributed by atoms with van der Waals surface area (Å²) in [5, 5.41) is 20.4. The fraction of sp³-hybridized carbons (Fsp3) is 0.357. The SMILES string of the molecule is C#CC(O)CC=C(CCC)c1ccncc1[N+](=O)[O-]. The summed E-state index contributed by atoms with van der Waals surface area (Å²) in [6.07, 6.45) is 10.6. The molecule has 5 nitrogen and oxygen atoms in total. The highest BCUT2D eigenvalue weighted by atomic mass is 16.6. The molecule has 5 heteroatoms. The zero-order valence-corrected chi connectivity index (χ0v) is 10.7. The van der Waals surface area contributed by atoms with Gasteiger partial charge in [-0.25, -0.2) is 0 Å². The lowest BCUT2D eigenvalue weighted by Gasteiger charge is -2.08. The molecule has 0 saturated heterocycles. The van der Waals surface area contributed by atoms with Crippen LogP contribution in [0.2, 0.25) is 0 Å². The molecule has 0 radical (unpaired) electrons. The highest BCUT2D eigenvalue weighted by Crippen LogP contribution is 2.28. The second kappa shape index (κ2) is 7.29. The summed E-state index contributed by atoms with van der Waals surface area (Å²) >= 11 is 0. The summed E-state index contributed by atoms with van der Waals surface area (Å²) in [7, 11) is 0. The maximum atomic E-state index is 11.0. The Labute approximate surface area is 112 Å². The number of nitro groups is 1. The van der Waals surface area contributed by atoms with Gasteiger partial charge >= 0.3 is 0 Å². The number of aromatic nitrogens is 1. The van der Waals surface area contributed by atoms with Gasteiger partial charge in [0.2, 0.25) is 0 Å². The Morgan fingerprint density at radius 1 is 1.74 bits per heavy atom. The third-order valence-corrected chi connectivity index (χ3v) is 2.64. The molecule has 1 unspecified atom stereocenters. The van der Waals surface area contributed by atoms with Crippen molar-refractivity contribution < 1.29 is 10.0 Å². The number of nitrogens with zero attached hydrogens (tertiary/aromatic N) is 2. The second-order valence-corrected chi connectivity index (χ2v) is 4.05. The van der Waals surface area contributed by atoms with E-state index in [0.29, 0.717) is 12.0 Å². The summed E-state index contributed by atoms with van der Waals surface area (Å²) in [5.41, 5.74) is 1.31. The smallest absolute Gasteiger partial charge is 0.294 e. The normalized spacial score (nSPS) is 12.8. The van der Waals surface area contributed by atoms with Crippen LogP contribution in [0.1, 0.15) is 31.7 Å². The predicted molar refractivity (Wildman–Crippen MR) is 73.2 cm³/mol. The maximum Gasteiger partial charge on any atom is 0.294 e. The van der Waals surface area contributed by atoms with Gasteiger partial charge in [0.15, 0.2) is 0 Å². The lowest BCUT2D eigenvalue weighted by molar-refractivity contribution is -0.385. The summed E-state index contributed by atoms with van der Waals surface area (Å²) < 4.78 is 0. The predicted octanol–water partition coefficient (Wildman–Crippen LogP) is 2.56. The largest absolute Gasteiger partial charge is 0.380 e. The average Bonchev–Trinajstić information content (AvgIpc) is 2.43. The number of aliphatic hydroxyl groups is 1. The van der Waals surface area contributed by atoms with E-state index in [4.69, 9.17) is 6.42 Å².